The number of nitrogens with zero attached hydrogens (tertiary/aromatic N) is 2. The van der Waals surface area contributed by atoms with Crippen LogP contribution < -0.4 is 20.5 Å². The Hall–Kier alpha value is -3.42. The Bertz CT molecular complexity index is 907. The number of rotatable bonds is 6. The fourth-order valence-electron chi connectivity index (χ4n) is 3.40. The number of carbonyl (C=O) groups is 1. The SMILES string of the molecule is COc1ccc(OC(=O)NC2CCCCC2)cc1-c1cncc(C(N)=NC=N)c1. The fraction of sp³-hybridized carbons (Fsp3) is 0.333. The summed E-state index contributed by atoms with van der Waals surface area (Å²) < 4.78 is 10.9. The molecule has 0 bridgehead atoms. The zero-order valence-electron chi connectivity index (χ0n) is 16.4. The second kappa shape index (κ2) is 9.68. The Morgan fingerprint density at radius 1 is 1.28 bits per heavy atom. The highest BCUT2D eigenvalue weighted by Crippen LogP contribution is 2.33. The van der Waals surface area contributed by atoms with Crippen molar-refractivity contribution in [2.75, 3.05) is 7.11 Å². The summed E-state index contributed by atoms with van der Waals surface area (Å²) in [5.74, 6) is 1.19. The molecule has 1 aliphatic carbocycles. The van der Waals surface area contributed by atoms with Crippen molar-refractivity contribution in [2.45, 2.75) is 38.1 Å². The number of aliphatic imine (C=N–C) groups is 1. The van der Waals surface area contributed by atoms with E-state index in [1.165, 1.54) is 6.42 Å². The Kier molecular flexibility index (Phi) is 6.78. The van der Waals surface area contributed by atoms with E-state index in [2.05, 4.69) is 15.3 Å². The Morgan fingerprint density at radius 2 is 2.07 bits per heavy atom. The second-order valence-corrected chi connectivity index (χ2v) is 6.84. The first-order valence-electron chi connectivity index (χ1n) is 9.55. The summed E-state index contributed by atoms with van der Waals surface area (Å²) in [7, 11) is 1.57. The molecule has 0 unspecified atom stereocenters. The first-order valence-corrected chi connectivity index (χ1v) is 9.55. The molecule has 0 aliphatic heterocycles. The van der Waals surface area contributed by atoms with E-state index in [1.807, 2.05) is 0 Å². The molecule has 8 heteroatoms. The molecular formula is C21H25N5O3. The number of benzene rings is 1. The predicted molar refractivity (Wildman–Crippen MR) is 112 cm³/mol. The average molecular weight is 395 g/mol. The highest BCUT2D eigenvalue weighted by Gasteiger charge is 2.17. The molecule has 1 aromatic carbocycles. The quantitative estimate of drug-likeness (QED) is 0.510. The van der Waals surface area contributed by atoms with Crippen molar-refractivity contribution in [2.24, 2.45) is 10.7 Å². The van der Waals surface area contributed by atoms with Crippen LogP contribution in [0.3, 0.4) is 0 Å². The molecule has 3 rings (SSSR count). The van der Waals surface area contributed by atoms with Gasteiger partial charge in [-0.15, -0.1) is 0 Å². The van der Waals surface area contributed by atoms with Gasteiger partial charge in [0.1, 0.15) is 23.7 Å². The molecule has 1 aliphatic rings. The number of hydrogen-bond acceptors (Lipinski definition) is 5. The minimum absolute atomic E-state index is 0.172. The van der Waals surface area contributed by atoms with Crippen LogP contribution in [0.1, 0.15) is 37.7 Å². The number of aromatic nitrogens is 1. The Balaban J connectivity index is 1.82. The van der Waals surface area contributed by atoms with Gasteiger partial charge < -0.3 is 20.5 Å². The number of nitrogens with two attached hydrogens (primary N) is 1. The first-order chi connectivity index (χ1) is 14.1. The molecule has 0 radical (unpaired) electrons. The Labute approximate surface area is 169 Å². The molecule has 29 heavy (non-hydrogen) atoms. The van der Waals surface area contributed by atoms with Crippen molar-refractivity contribution in [3.8, 4) is 22.6 Å². The van der Waals surface area contributed by atoms with Crippen LogP contribution >= 0.6 is 0 Å². The van der Waals surface area contributed by atoms with Gasteiger partial charge in [0.15, 0.2) is 0 Å². The minimum Gasteiger partial charge on any atom is -0.496 e. The third kappa shape index (κ3) is 5.31. The molecule has 2 aromatic rings. The summed E-state index contributed by atoms with van der Waals surface area (Å²) in [6.07, 6.45) is 9.10. The molecule has 8 nitrogen and oxygen atoms in total. The zero-order chi connectivity index (χ0) is 20.6. The highest BCUT2D eigenvalue weighted by molar-refractivity contribution is 6.01. The number of nitrogens with one attached hydrogen (secondary N) is 2. The second-order valence-electron chi connectivity index (χ2n) is 6.84. The van der Waals surface area contributed by atoms with Gasteiger partial charge in [-0.05, 0) is 37.1 Å². The average Bonchev–Trinajstić information content (AvgIpc) is 2.74. The van der Waals surface area contributed by atoms with Crippen LogP contribution in [0, 0.1) is 5.41 Å². The van der Waals surface area contributed by atoms with Gasteiger partial charge in [-0.1, -0.05) is 19.3 Å². The van der Waals surface area contributed by atoms with E-state index in [0.717, 1.165) is 37.6 Å². The number of ether oxygens (including phenoxy) is 2. The van der Waals surface area contributed by atoms with Gasteiger partial charge in [0.2, 0.25) is 0 Å². The summed E-state index contributed by atoms with van der Waals surface area (Å²) >= 11 is 0. The largest absolute Gasteiger partial charge is 0.496 e. The van der Waals surface area contributed by atoms with Gasteiger partial charge in [0.25, 0.3) is 0 Å². The van der Waals surface area contributed by atoms with Crippen molar-refractivity contribution in [1.29, 1.82) is 5.41 Å². The lowest BCUT2D eigenvalue weighted by molar-refractivity contribution is 0.192. The number of amides is 1. The normalized spacial score (nSPS) is 14.9. The molecule has 0 saturated heterocycles. The maximum absolute atomic E-state index is 12.3. The van der Waals surface area contributed by atoms with Gasteiger partial charge >= 0.3 is 6.09 Å². The van der Waals surface area contributed by atoms with E-state index in [4.69, 9.17) is 20.6 Å². The number of methoxy groups -OCH3 is 1. The molecule has 1 amide bonds. The van der Waals surface area contributed by atoms with E-state index >= 15 is 0 Å². The van der Waals surface area contributed by atoms with Crippen molar-refractivity contribution < 1.29 is 14.3 Å². The van der Waals surface area contributed by atoms with E-state index < -0.39 is 6.09 Å². The van der Waals surface area contributed by atoms with Crippen molar-refractivity contribution in [3.63, 3.8) is 0 Å². The minimum atomic E-state index is -0.456. The molecule has 0 atom stereocenters. The maximum atomic E-state index is 12.3. The van der Waals surface area contributed by atoms with E-state index in [9.17, 15) is 4.79 Å². The monoisotopic (exact) mass is 395 g/mol. The molecule has 1 saturated carbocycles. The molecule has 0 spiro atoms. The van der Waals surface area contributed by atoms with E-state index in [-0.39, 0.29) is 11.9 Å². The van der Waals surface area contributed by atoms with Crippen LogP contribution in [0.2, 0.25) is 0 Å². The standard InChI is InChI=1S/C21H25N5O3/c1-28-19-8-7-17(29-21(27)26-16-5-3-2-4-6-16)10-18(19)14-9-15(12-24-11-14)20(23)25-13-22/h7-13,16H,2-6H2,1H3,(H,26,27)(H3,22,23,25). The lowest BCUT2D eigenvalue weighted by Gasteiger charge is -2.22. The molecule has 1 fully saturated rings. The highest BCUT2D eigenvalue weighted by atomic mass is 16.6. The van der Waals surface area contributed by atoms with Gasteiger partial charge in [-0.25, -0.2) is 9.79 Å². The number of amidine groups is 1. The van der Waals surface area contributed by atoms with Gasteiger partial charge in [0, 0.05) is 35.1 Å². The summed E-state index contributed by atoms with van der Waals surface area (Å²) in [5, 5.41) is 10.00. The number of hydrogen-bond donors (Lipinski definition) is 3. The summed E-state index contributed by atoms with van der Waals surface area (Å²) in [6.45, 7) is 0. The van der Waals surface area contributed by atoms with Crippen LogP contribution in [0.25, 0.3) is 11.1 Å². The zero-order valence-corrected chi connectivity index (χ0v) is 16.4. The van der Waals surface area contributed by atoms with E-state index in [0.29, 0.717) is 22.6 Å². The lowest BCUT2D eigenvalue weighted by Crippen LogP contribution is -2.37. The molecule has 4 N–H and O–H groups in total. The van der Waals surface area contributed by atoms with E-state index in [1.54, 1.807) is 43.8 Å². The summed E-state index contributed by atoms with van der Waals surface area (Å²) in [4.78, 5) is 20.2. The van der Waals surface area contributed by atoms with Gasteiger partial charge in [-0.2, -0.15) is 0 Å². The third-order valence-corrected chi connectivity index (χ3v) is 4.86. The number of carbonyl (C=O) groups excluding carboxylic acids is 1. The number of pyridine rings is 1. The molecular weight excluding hydrogens is 370 g/mol. The smallest absolute Gasteiger partial charge is 0.412 e. The summed E-state index contributed by atoms with van der Waals surface area (Å²) in [6, 6.07) is 7.11. The van der Waals surface area contributed by atoms with Crippen LogP contribution in [0.15, 0.2) is 41.7 Å². The lowest BCUT2D eigenvalue weighted by atomic mass is 9.96. The predicted octanol–water partition coefficient (Wildman–Crippen LogP) is 3.49. The van der Waals surface area contributed by atoms with Gasteiger partial charge in [-0.3, -0.25) is 10.4 Å². The fourth-order valence-corrected chi connectivity index (χ4v) is 3.40. The molecule has 152 valence electrons. The van der Waals surface area contributed by atoms with Crippen molar-refractivity contribution in [3.05, 3.63) is 42.2 Å². The van der Waals surface area contributed by atoms with Crippen molar-refractivity contribution in [1.82, 2.24) is 10.3 Å². The topological polar surface area (TPSA) is 123 Å². The van der Waals surface area contributed by atoms with Crippen molar-refractivity contribution >= 4 is 18.3 Å². The van der Waals surface area contributed by atoms with Crippen LogP contribution in [0.4, 0.5) is 4.79 Å². The molecule has 1 heterocycles. The molecule has 1 aromatic heterocycles. The van der Waals surface area contributed by atoms with Crippen LogP contribution in [0.5, 0.6) is 11.5 Å². The maximum Gasteiger partial charge on any atom is 0.412 e. The van der Waals surface area contributed by atoms with Crippen LogP contribution in [-0.2, 0) is 0 Å². The Morgan fingerprint density at radius 3 is 2.79 bits per heavy atom. The van der Waals surface area contributed by atoms with Gasteiger partial charge in [0.05, 0.1) is 7.11 Å². The third-order valence-electron chi connectivity index (χ3n) is 4.86. The van der Waals surface area contributed by atoms with Crippen LogP contribution in [-0.4, -0.2) is 36.4 Å². The summed E-state index contributed by atoms with van der Waals surface area (Å²) in [5.41, 5.74) is 7.86. The first kappa shape index (κ1) is 20.3.